The van der Waals surface area contributed by atoms with E-state index < -0.39 is 20.5 Å². The second-order valence-electron chi connectivity index (χ2n) is 12.7. The first-order chi connectivity index (χ1) is 18.1. The highest BCUT2D eigenvalue weighted by atomic mass is 32.9. The Hall–Kier alpha value is -0.853. The highest BCUT2D eigenvalue weighted by molar-refractivity contribution is 8.63. The number of hydrogen-bond acceptors (Lipinski definition) is 10. The van der Waals surface area contributed by atoms with Crippen LogP contribution < -0.4 is 5.73 Å². The monoisotopic (exact) mass is 613 g/mol. The summed E-state index contributed by atoms with van der Waals surface area (Å²) in [6, 6.07) is 0. The molecule has 0 spiro atoms. The molecule has 0 amide bonds. The Balaban J connectivity index is 1.47. The minimum absolute atomic E-state index is 0.0516. The fourth-order valence-corrected chi connectivity index (χ4v) is 11.7. The van der Waals surface area contributed by atoms with Gasteiger partial charge in [-0.1, -0.05) is 56.1 Å². The van der Waals surface area contributed by atoms with Crippen LogP contribution in [0.5, 0.6) is 0 Å². The van der Waals surface area contributed by atoms with Gasteiger partial charge in [-0.15, -0.1) is 0 Å². The summed E-state index contributed by atoms with van der Waals surface area (Å²) < 4.78 is 21.3. The molecule has 218 valence electrons. The van der Waals surface area contributed by atoms with Crippen LogP contribution in [0.15, 0.2) is 24.8 Å². The van der Waals surface area contributed by atoms with Crippen molar-refractivity contribution in [2.75, 3.05) is 12.3 Å². The third-order valence-electron chi connectivity index (χ3n) is 8.71. The molecule has 0 bridgehead atoms. The molecular weight excluding hydrogens is 570 g/mol. The van der Waals surface area contributed by atoms with Crippen molar-refractivity contribution in [3.63, 3.8) is 0 Å². The fraction of sp³-hybridized carbons (Fsp3) is 0.731. The van der Waals surface area contributed by atoms with Crippen molar-refractivity contribution in [3.8, 4) is 0 Å². The van der Waals surface area contributed by atoms with E-state index >= 15 is 0 Å². The molecule has 2 unspecified atom stereocenters. The van der Waals surface area contributed by atoms with Crippen LogP contribution in [-0.4, -0.2) is 62.6 Å². The highest BCUT2D eigenvalue weighted by Crippen LogP contribution is 2.55. The Kier molecular flexibility index (Phi) is 9.40. The van der Waals surface area contributed by atoms with Crippen LogP contribution in [0.25, 0.3) is 11.2 Å². The van der Waals surface area contributed by atoms with E-state index in [9.17, 15) is 5.11 Å². The second kappa shape index (κ2) is 11.8. The van der Waals surface area contributed by atoms with E-state index in [-0.39, 0.29) is 28.2 Å². The second-order valence-corrected chi connectivity index (χ2v) is 23.0. The number of aliphatic hydroxyl groups excluding tert-OH is 1. The SMILES string of the molecule is C=C(C)[C@H]1CC[C@@](C)(S[PH](=S)OC[C@H]2O[C@@H](n3cnc4c(N)ncnc43)CC2O[Si](C)(C)C(C)(C)C)[C@H](O)C1. The zero-order valence-corrected chi connectivity index (χ0v) is 27.8. The summed E-state index contributed by atoms with van der Waals surface area (Å²) in [6.07, 6.45) is 3.55. The maximum absolute atomic E-state index is 11.0. The summed E-state index contributed by atoms with van der Waals surface area (Å²) in [7, 11) is -2.09. The number of aromatic nitrogens is 4. The van der Waals surface area contributed by atoms with Crippen LogP contribution in [-0.2, 0) is 25.5 Å². The maximum Gasteiger partial charge on any atom is 0.192 e. The number of imidazole rings is 1. The number of allylic oxidation sites excluding steroid dienone is 1. The summed E-state index contributed by atoms with van der Waals surface area (Å²) in [4.78, 5) is 12.9. The average molecular weight is 614 g/mol. The van der Waals surface area contributed by atoms with Gasteiger partial charge in [0, 0.05) is 11.2 Å². The van der Waals surface area contributed by atoms with E-state index in [0.717, 1.165) is 24.8 Å². The lowest BCUT2D eigenvalue weighted by atomic mass is 9.77. The van der Waals surface area contributed by atoms with Gasteiger partial charge in [-0.25, -0.2) is 15.0 Å². The number of aliphatic hydroxyl groups is 1. The number of nitrogen functional groups attached to an aromatic ring is 1. The summed E-state index contributed by atoms with van der Waals surface area (Å²) in [5.74, 6) is 0.710. The van der Waals surface area contributed by atoms with Crippen LogP contribution in [0, 0.1) is 5.92 Å². The van der Waals surface area contributed by atoms with E-state index in [1.807, 2.05) is 11.5 Å². The van der Waals surface area contributed by atoms with Crippen LogP contribution >= 0.6 is 17.5 Å². The van der Waals surface area contributed by atoms with Crippen molar-refractivity contribution in [2.24, 2.45) is 5.92 Å². The Morgan fingerprint density at radius 1 is 1.36 bits per heavy atom. The Morgan fingerprint density at radius 2 is 2.08 bits per heavy atom. The minimum Gasteiger partial charge on any atom is -0.411 e. The first kappa shape index (κ1) is 31.1. The van der Waals surface area contributed by atoms with Gasteiger partial charge in [-0.2, -0.15) is 0 Å². The first-order valence-electron chi connectivity index (χ1n) is 13.6. The topological polar surface area (TPSA) is 118 Å². The molecule has 1 aliphatic heterocycles. The lowest BCUT2D eigenvalue weighted by Gasteiger charge is -2.41. The quantitative estimate of drug-likeness (QED) is 0.203. The molecule has 9 nitrogen and oxygen atoms in total. The molecule has 3 N–H and O–H groups in total. The molecule has 2 aliphatic rings. The van der Waals surface area contributed by atoms with Gasteiger partial charge in [0.2, 0.25) is 0 Å². The maximum atomic E-state index is 11.0. The molecule has 0 radical (unpaired) electrons. The molecule has 3 heterocycles. The molecule has 2 aromatic heterocycles. The standard InChI is InChI=1S/C26H44N5O4PS2Si/c1-16(2)17-9-10-26(6,20(32)11-17)38-36(37)33-13-19-18(35-39(7,8)25(3,4)5)12-21(34-19)31-15-30-22-23(27)28-14-29-24(22)31/h14-15,17-21,32,36H,1,9-13H2,2-8H3,(H2,27,28,29)/t17-,18?,19+,20+,21+,26+/m0/s1. The third kappa shape index (κ3) is 6.80. The van der Waals surface area contributed by atoms with E-state index in [1.54, 1.807) is 17.7 Å². The van der Waals surface area contributed by atoms with E-state index in [1.165, 1.54) is 6.33 Å². The van der Waals surface area contributed by atoms with Crippen molar-refractivity contribution in [3.05, 3.63) is 24.8 Å². The van der Waals surface area contributed by atoms with E-state index in [0.29, 0.717) is 35.9 Å². The van der Waals surface area contributed by atoms with Gasteiger partial charge in [0.1, 0.15) is 30.3 Å². The van der Waals surface area contributed by atoms with Gasteiger partial charge in [0.15, 0.2) is 19.8 Å². The Morgan fingerprint density at radius 3 is 2.72 bits per heavy atom. The van der Waals surface area contributed by atoms with Gasteiger partial charge in [-0.05, 0) is 57.2 Å². The zero-order valence-electron chi connectivity index (χ0n) is 24.1. The van der Waals surface area contributed by atoms with Crippen LogP contribution in [0.4, 0.5) is 5.82 Å². The van der Waals surface area contributed by atoms with Gasteiger partial charge >= 0.3 is 0 Å². The fourth-order valence-electron chi connectivity index (χ4n) is 4.98. The molecule has 0 aromatic carbocycles. The largest absolute Gasteiger partial charge is 0.411 e. The number of anilines is 1. The zero-order chi connectivity index (χ0) is 28.8. The molecule has 2 fully saturated rings. The van der Waals surface area contributed by atoms with Gasteiger partial charge in [0.05, 0.1) is 25.1 Å². The predicted molar refractivity (Wildman–Crippen MR) is 166 cm³/mol. The van der Waals surface area contributed by atoms with Gasteiger partial charge in [-0.3, -0.25) is 4.57 Å². The van der Waals surface area contributed by atoms with Gasteiger partial charge in [0.25, 0.3) is 0 Å². The third-order valence-corrected chi connectivity index (χ3v) is 18.1. The predicted octanol–water partition coefficient (Wildman–Crippen LogP) is 5.84. The molecule has 1 saturated carbocycles. The van der Waals surface area contributed by atoms with E-state index in [4.69, 9.17) is 31.2 Å². The normalized spacial score (nSPS) is 31.0. The lowest BCUT2D eigenvalue weighted by molar-refractivity contribution is -0.0334. The Bertz CT molecular complexity index is 1220. The highest BCUT2D eigenvalue weighted by Gasteiger charge is 2.46. The van der Waals surface area contributed by atoms with Crippen LogP contribution in [0.2, 0.25) is 18.1 Å². The number of nitrogens with two attached hydrogens (primary N) is 1. The van der Waals surface area contributed by atoms with Crippen LogP contribution in [0.3, 0.4) is 0 Å². The van der Waals surface area contributed by atoms with Crippen molar-refractivity contribution in [1.29, 1.82) is 0 Å². The Labute approximate surface area is 243 Å². The number of ether oxygens (including phenoxy) is 1. The van der Waals surface area contributed by atoms with Crippen molar-refractivity contribution < 1.29 is 18.8 Å². The van der Waals surface area contributed by atoms with Gasteiger partial charge < -0.3 is 24.5 Å². The summed E-state index contributed by atoms with van der Waals surface area (Å²) in [6.45, 7) is 19.8. The molecule has 39 heavy (non-hydrogen) atoms. The number of fused-ring (bicyclic) bond motifs is 1. The average Bonchev–Trinajstić information content (AvgIpc) is 3.43. The molecule has 4 rings (SSSR count). The summed E-state index contributed by atoms with van der Waals surface area (Å²) >= 11 is 7.46. The minimum atomic E-state index is -2.09. The number of nitrogens with zero attached hydrogens (tertiary/aromatic N) is 4. The lowest BCUT2D eigenvalue weighted by Crippen LogP contribution is -2.46. The van der Waals surface area contributed by atoms with Crippen molar-refractivity contribution in [1.82, 2.24) is 19.5 Å². The van der Waals surface area contributed by atoms with E-state index in [2.05, 4.69) is 62.3 Å². The summed E-state index contributed by atoms with van der Waals surface area (Å²) in [5, 5.41) is 11.0. The summed E-state index contributed by atoms with van der Waals surface area (Å²) in [5.41, 5.74) is 8.35. The molecule has 2 aromatic rings. The molecule has 1 saturated heterocycles. The van der Waals surface area contributed by atoms with Crippen molar-refractivity contribution in [2.45, 2.75) is 108 Å². The molecular formula is C26H44N5O4PS2Si. The molecule has 13 heteroatoms. The smallest absolute Gasteiger partial charge is 0.192 e. The molecule has 7 atom stereocenters. The van der Waals surface area contributed by atoms with Crippen LogP contribution in [0.1, 0.15) is 66.5 Å². The number of hydrogen-bond donors (Lipinski definition) is 2. The first-order valence-corrected chi connectivity index (χ1v) is 20.6. The molecule has 1 aliphatic carbocycles. The van der Waals surface area contributed by atoms with Crippen molar-refractivity contribution >= 4 is 54.6 Å². The number of rotatable bonds is 9.